The summed E-state index contributed by atoms with van der Waals surface area (Å²) in [6.45, 7) is 4.49. The van der Waals surface area contributed by atoms with Gasteiger partial charge in [0.2, 0.25) is 5.91 Å². The summed E-state index contributed by atoms with van der Waals surface area (Å²) >= 11 is 5.80. The van der Waals surface area contributed by atoms with E-state index in [9.17, 15) is 4.79 Å². The van der Waals surface area contributed by atoms with Crippen LogP contribution in [0.1, 0.15) is 19.8 Å². The van der Waals surface area contributed by atoms with E-state index >= 15 is 0 Å². The lowest BCUT2D eigenvalue weighted by atomic mass is 10.3. The van der Waals surface area contributed by atoms with E-state index in [0.29, 0.717) is 24.7 Å². The first-order valence-corrected chi connectivity index (χ1v) is 7.33. The van der Waals surface area contributed by atoms with Crippen molar-refractivity contribution in [2.45, 2.75) is 19.8 Å². The highest BCUT2D eigenvalue weighted by Crippen LogP contribution is 2.15. The van der Waals surface area contributed by atoms with Gasteiger partial charge in [-0.1, -0.05) is 24.9 Å². The van der Waals surface area contributed by atoms with E-state index in [0.717, 1.165) is 25.1 Å². The lowest BCUT2D eigenvalue weighted by molar-refractivity contribution is -0.122. The first-order valence-electron chi connectivity index (χ1n) is 6.95. The van der Waals surface area contributed by atoms with Crippen LogP contribution in [0, 0.1) is 0 Å². The van der Waals surface area contributed by atoms with Crippen LogP contribution in [-0.2, 0) is 4.79 Å². The molecule has 20 heavy (non-hydrogen) atoms. The van der Waals surface area contributed by atoms with Crippen molar-refractivity contribution in [2.75, 3.05) is 33.3 Å². The second-order valence-corrected chi connectivity index (χ2v) is 5.18. The number of nitrogens with zero attached hydrogens (tertiary/aromatic N) is 1. The average Bonchev–Trinajstić information content (AvgIpc) is 2.41. The molecule has 0 aliphatic heterocycles. The van der Waals surface area contributed by atoms with Gasteiger partial charge in [0.05, 0.1) is 6.54 Å². The summed E-state index contributed by atoms with van der Waals surface area (Å²) in [4.78, 5) is 13.5. The first kappa shape index (κ1) is 16.8. The molecular weight excluding hydrogens is 276 g/mol. The summed E-state index contributed by atoms with van der Waals surface area (Å²) in [5, 5.41) is 3.59. The van der Waals surface area contributed by atoms with Gasteiger partial charge in [0.15, 0.2) is 0 Å². The summed E-state index contributed by atoms with van der Waals surface area (Å²) in [6.07, 6.45) is 2.11. The average molecular weight is 299 g/mol. The Hall–Kier alpha value is -1.26. The maximum atomic E-state index is 11.6. The van der Waals surface area contributed by atoms with Crippen LogP contribution in [0.5, 0.6) is 5.75 Å². The van der Waals surface area contributed by atoms with E-state index in [-0.39, 0.29) is 5.91 Å². The number of benzene rings is 1. The molecule has 1 amide bonds. The van der Waals surface area contributed by atoms with E-state index in [1.807, 2.05) is 24.1 Å². The molecule has 4 nitrogen and oxygen atoms in total. The van der Waals surface area contributed by atoms with E-state index < -0.39 is 0 Å². The van der Waals surface area contributed by atoms with Gasteiger partial charge in [-0.25, -0.2) is 0 Å². The largest absolute Gasteiger partial charge is 0.492 e. The van der Waals surface area contributed by atoms with Crippen LogP contribution in [-0.4, -0.2) is 44.1 Å². The van der Waals surface area contributed by atoms with Gasteiger partial charge in [0.1, 0.15) is 12.4 Å². The highest BCUT2D eigenvalue weighted by molar-refractivity contribution is 6.30. The van der Waals surface area contributed by atoms with Crippen LogP contribution in [0.2, 0.25) is 5.02 Å². The lowest BCUT2D eigenvalue weighted by Gasteiger charge is -2.16. The Labute approximate surface area is 126 Å². The zero-order chi connectivity index (χ0) is 14.8. The normalized spacial score (nSPS) is 10.6. The second kappa shape index (κ2) is 9.61. The Balaban J connectivity index is 2.14. The summed E-state index contributed by atoms with van der Waals surface area (Å²) in [6, 6.07) is 7.25. The molecule has 0 saturated heterocycles. The minimum atomic E-state index is 0.0624. The molecule has 1 aromatic carbocycles. The number of carbonyl (C=O) groups is 1. The van der Waals surface area contributed by atoms with Gasteiger partial charge in [-0.05, 0) is 37.7 Å². The van der Waals surface area contributed by atoms with Gasteiger partial charge >= 0.3 is 0 Å². The fourth-order valence-corrected chi connectivity index (χ4v) is 1.76. The quantitative estimate of drug-likeness (QED) is 0.713. The standard InChI is InChI=1S/C15H23ClN2O2/c1-3-4-9-17-15(19)12-18(2)10-11-20-14-7-5-13(16)6-8-14/h5-8H,3-4,9-12H2,1-2H3,(H,17,19). The van der Waals surface area contributed by atoms with Gasteiger partial charge in [0.25, 0.3) is 0 Å². The molecule has 0 aliphatic carbocycles. The molecule has 0 saturated carbocycles. The minimum absolute atomic E-state index is 0.0624. The summed E-state index contributed by atoms with van der Waals surface area (Å²) in [7, 11) is 1.91. The van der Waals surface area contributed by atoms with Gasteiger partial charge < -0.3 is 10.1 Å². The van der Waals surface area contributed by atoms with E-state index in [2.05, 4.69) is 12.2 Å². The van der Waals surface area contributed by atoms with Gasteiger partial charge in [-0.15, -0.1) is 0 Å². The number of amides is 1. The number of nitrogens with one attached hydrogen (secondary N) is 1. The Morgan fingerprint density at radius 2 is 2.05 bits per heavy atom. The highest BCUT2D eigenvalue weighted by Gasteiger charge is 2.05. The Kier molecular flexibility index (Phi) is 8.07. The van der Waals surface area contributed by atoms with Crippen LogP contribution >= 0.6 is 11.6 Å². The number of halogens is 1. The molecule has 5 heteroatoms. The molecule has 0 aliphatic rings. The van der Waals surface area contributed by atoms with Crippen LogP contribution < -0.4 is 10.1 Å². The number of unbranched alkanes of at least 4 members (excludes halogenated alkanes) is 1. The topological polar surface area (TPSA) is 41.6 Å². The number of ether oxygens (including phenoxy) is 1. The number of carbonyl (C=O) groups excluding carboxylic acids is 1. The molecule has 1 aromatic rings. The highest BCUT2D eigenvalue weighted by atomic mass is 35.5. The van der Waals surface area contributed by atoms with Crippen molar-refractivity contribution in [1.29, 1.82) is 0 Å². The van der Waals surface area contributed by atoms with E-state index in [1.165, 1.54) is 0 Å². The Morgan fingerprint density at radius 1 is 1.35 bits per heavy atom. The third-order valence-electron chi connectivity index (χ3n) is 2.82. The monoisotopic (exact) mass is 298 g/mol. The molecule has 0 unspecified atom stereocenters. The molecule has 1 N–H and O–H groups in total. The number of rotatable bonds is 9. The van der Waals surface area contributed by atoms with Crippen LogP contribution in [0.25, 0.3) is 0 Å². The van der Waals surface area contributed by atoms with Crippen LogP contribution in [0.4, 0.5) is 0 Å². The third-order valence-corrected chi connectivity index (χ3v) is 3.07. The number of hydrogen-bond donors (Lipinski definition) is 1. The zero-order valence-electron chi connectivity index (χ0n) is 12.2. The first-order chi connectivity index (χ1) is 9.61. The Morgan fingerprint density at radius 3 is 2.70 bits per heavy atom. The SMILES string of the molecule is CCCCNC(=O)CN(C)CCOc1ccc(Cl)cc1. The van der Waals surface area contributed by atoms with Crippen molar-refractivity contribution in [3.05, 3.63) is 29.3 Å². The Bertz CT molecular complexity index is 395. The third kappa shape index (κ3) is 7.36. The van der Waals surface area contributed by atoms with Crippen molar-refractivity contribution >= 4 is 17.5 Å². The summed E-state index contributed by atoms with van der Waals surface area (Å²) < 4.78 is 5.58. The molecule has 0 atom stereocenters. The number of hydrogen-bond acceptors (Lipinski definition) is 3. The van der Waals surface area contributed by atoms with Crippen molar-refractivity contribution < 1.29 is 9.53 Å². The second-order valence-electron chi connectivity index (χ2n) is 4.74. The molecule has 1 rings (SSSR count). The molecule has 112 valence electrons. The van der Waals surface area contributed by atoms with Crippen molar-refractivity contribution in [2.24, 2.45) is 0 Å². The molecular formula is C15H23ClN2O2. The van der Waals surface area contributed by atoms with Gasteiger partial charge in [-0.2, -0.15) is 0 Å². The molecule has 0 heterocycles. The zero-order valence-corrected chi connectivity index (χ0v) is 12.9. The van der Waals surface area contributed by atoms with Crippen LogP contribution in [0.3, 0.4) is 0 Å². The van der Waals surface area contributed by atoms with E-state index in [1.54, 1.807) is 12.1 Å². The maximum Gasteiger partial charge on any atom is 0.234 e. The fraction of sp³-hybridized carbons (Fsp3) is 0.533. The van der Waals surface area contributed by atoms with Gasteiger partial charge in [0, 0.05) is 18.1 Å². The van der Waals surface area contributed by atoms with E-state index in [4.69, 9.17) is 16.3 Å². The van der Waals surface area contributed by atoms with Crippen molar-refractivity contribution in [1.82, 2.24) is 10.2 Å². The predicted octanol–water partition coefficient (Wildman–Crippen LogP) is 2.57. The fourth-order valence-electron chi connectivity index (χ4n) is 1.63. The van der Waals surface area contributed by atoms with Crippen molar-refractivity contribution in [3.63, 3.8) is 0 Å². The minimum Gasteiger partial charge on any atom is -0.492 e. The maximum absolute atomic E-state index is 11.6. The molecule has 0 fully saturated rings. The predicted molar refractivity (Wildman–Crippen MR) is 82.4 cm³/mol. The van der Waals surface area contributed by atoms with Gasteiger partial charge in [-0.3, -0.25) is 9.69 Å². The summed E-state index contributed by atoms with van der Waals surface area (Å²) in [5.74, 6) is 0.850. The molecule has 0 aromatic heterocycles. The number of likely N-dealkylation sites (N-methyl/N-ethyl adjacent to an activating group) is 1. The van der Waals surface area contributed by atoms with Crippen LogP contribution in [0.15, 0.2) is 24.3 Å². The lowest BCUT2D eigenvalue weighted by Crippen LogP contribution is -2.37. The smallest absolute Gasteiger partial charge is 0.234 e. The van der Waals surface area contributed by atoms with Crippen molar-refractivity contribution in [3.8, 4) is 5.75 Å². The molecule has 0 radical (unpaired) electrons. The summed E-state index contributed by atoms with van der Waals surface area (Å²) in [5.41, 5.74) is 0. The molecule has 0 spiro atoms. The molecule has 0 bridgehead atoms.